The molecule has 0 saturated heterocycles. The zero-order chi connectivity index (χ0) is 13.2. The number of pyridine rings is 2. The normalized spacial score (nSPS) is 12.5. The first kappa shape index (κ1) is 11.8. The molecule has 0 aliphatic carbocycles. The smallest absolute Gasteiger partial charge is 0.122 e. The number of aliphatic hydroxyl groups excluding tert-OH is 1. The molecular formula is C16H14N2O. The van der Waals surface area contributed by atoms with Crippen molar-refractivity contribution in [2.75, 3.05) is 0 Å². The summed E-state index contributed by atoms with van der Waals surface area (Å²) in [6.07, 6.45) is 4.55. The van der Waals surface area contributed by atoms with E-state index in [0.29, 0.717) is 5.69 Å². The minimum Gasteiger partial charge on any atom is -0.382 e. The predicted molar refractivity (Wildman–Crippen MR) is 74.8 cm³/mol. The Morgan fingerprint density at radius 3 is 2.84 bits per heavy atom. The third-order valence-corrected chi connectivity index (χ3v) is 3.23. The van der Waals surface area contributed by atoms with E-state index in [2.05, 4.69) is 9.97 Å². The zero-order valence-corrected chi connectivity index (χ0v) is 10.6. The Labute approximate surface area is 111 Å². The molecule has 1 unspecified atom stereocenters. The summed E-state index contributed by atoms with van der Waals surface area (Å²) in [4.78, 5) is 8.36. The first-order valence-corrected chi connectivity index (χ1v) is 6.19. The Morgan fingerprint density at radius 2 is 2.00 bits per heavy atom. The molecule has 0 fully saturated rings. The molecule has 0 spiro atoms. The zero-order valence-electron chi connectivity index (χ0n) is 10.6. The highest BCUT2D eigenvalue weighted by Crippen LogP contribution is 2.27. The Balaban J connectivity index is 2.14. The lowest BCUT2D eigenvalue weighted by Crippen LogP contribution is -2.03. The van der Waals surface area contributed by atoms with E-state index in [1.807, 2.05) is 43.3 Å². The average Bonchev–Trinajstić information content (AvgIpc) is 2.46. The molecule has 1 aromatic carbocycles. The molecule has 1 N–H and O–H groups in total. The van der Waals surface area contributed by atoms with E-state index in [9.17, 15) is 5.11 Å². The van der Waals surface area contributed by atoms with Crippen LogP contribution < -0.4 is 0 Å². The molecule has 2 aromatic heterocycles. The van der Waals surface area contributed by atoms with Crippen molar-refractivity contribution in [2.45, 2.75) is 13.0 Å². The van der Waals surface area contributed by atoms with Gasteiger partial charge in [0.05, 0.1) is 5.69 Å². The van der Waals surface area contributed by atoms with Crippen LogP contribution in [0, 0.1) is 6.92 Å². The van der Waals surface area contributed by atoms with Gasteiger partial charge in [-0.3, -0.25) is 9.97 Å². The maximum absolute atomic E-state index is 10.5. The molecule has 1 atom stereocenters. The Hall–Kier alpha value is -2.26. The lowest BCUT2D eigenvalue weighted by atomic mass is 9.99. The molecule has 0 bridgehead atoms. The number of aromatic nitrogens is 2. The maximum atomic E-state index is 10.5. The van der Waals surface area contributed by atoms with Crippen molar-refractivity contribution in [1.29, 1.82) is 0 Å². The van der Waals surface area contributed by atoms with Gasteiger partial charge in [0, 0.05) is 24.0 Å². The summed E-state index contributed by atoms with van der Waals surface area (Å²) in [5.74, 6) is 0. The number of hydrogen-bond acceptors (Lipinski definition) is 3. The molecule has 3 nitrogen and oxygen atoms in total. The van der Waals surface area contributed by atoms with Crippen molar-refractivity contribution in [3.63, 3.8) is 0 Å². The molecule has 3 rings (SSSR count). The molecular weight excluding hydrogens is 236 g/mol. The maximum Gasteiger partial charge on any atom is 0.122 e. The molecule has 3 heteroatoms. The van der Waals surface area contributed by atoms with Gasteiger partial charge in [0.15, 0.2) is 0 Å². The van der Waals surface area contributed by atoms with Crippen LogP contribution in [0.1, 0.15) is 22.9 Å². The summed E-state index contributed by atoms with van der Waals surface area (Å²) in [6.45, 7) is 1.99. The van der Waals surface area contributed by atoms with E-state index in [-0.39, 0.29) is 0 Å². The molecule has 0 aliphatic heterocycles. The summed E-state index contributed by atoms with van der Waals surface area (Å²) < 4.78 is 0. The van der Waals surface area contributed by atoms with Gasteiger partial charge in [-0.2, -0.15) is 0 Å². The number of nitrogens with zero attached hydrogens (tertiary/aromatic N) is 2. The van der Waals surface area contributed by atoms with Crippen molar-refractivity contribution in [3.8, 4) is 0 Å². The van der Waals surface area contributed by atoms with Gasteiger partial charge in [0.1, 0.15) is 6.10 Å². The lowest BCUT2D eigenvalue weighted by molar-refractivity contribution is 0.217. The largest absolute Gasteiger partial charge is 0.382 e. The minimum absolute atomic E-state index is 0.671. The monoisotopic (exact) mass is 250 g/mol. The Bertz CT molecular complexity index is 719. The Morgan fingerprint density at radius 1 is 1.11 bits per heavy atom. The van der Waals surface area contributed by atoms with E-state index < -0.39 is 6.10 Å². The Kier molecular flexibility index (Phi) is 2.97. The van der Waals surface area contributed by atoms with Crippen molar-refractivity contribution >= 4 is 10.8 Å². The fraction of sp³-hybridized carbons (Fsp3) is 0.125. The van der Waals surface area contributed by atoms with Gasteiger partial charge < -0.3 is 5.11 Å². The fourth-order valence-corrected chi connectivity index (χ4v) is 2.25. The first-order valence-electron chi connectivity index (χ1n) is 6.19. The van der Waals surface area contributed by atoms with Gasteiger partial charge in [-0.15, -0.1) is 0 Å². The van der Waals surface area contributed by atoms with Crippen LogP contribution in [0.5, 0.6) is 0 Å². The summed E-state index contributed by atoms with van der Waals surface area (Å²) in [5.41, 5.74) is 2.62. The number of aryl methyl sites for hydroxylation is 1. The molecule has 0 aliphatic rings. The third kappa shape index (κ3) is 2.20. The molecule has 19 heavy (non-hydrogen) atoms. The summed E-state index contributed by atoms with van der Waals surface area (Å²) in [7, 11) is 0. The topological polar surface area (TPSA) is 46.0 Å². The van der Waals surface area contributed by atoms with Crippen molar-refractivity contribution in [3.05, 3.63) is 71.8 Å². The molecule has 0 amide bonds. The van der Waals surface area contributed by atoms with Crippen molar-refractivity contribution < 1.29 is 5.11 Å². The molecule has 0 saturated carbocycles. The number of hydrogen-bond donors (Lipinski definition) is 1. The van der Waals surface area contributed by atoms with Crippen LogP contribution in [0.4, 0.5) is 0 Å². The van der Waals surface area contributed by atoms with Gasteiger partial charge in [-0.05, 0) is 41.6 Å². The molecule has 0 radical (unpaired) electrons. The second-order valence-electron chi connectivity index (χ2n) is 4.60. The minimum atomic E-state index is -0.717. The molecule has 94 valence electrons. The highest BCUT2D eigenvalue weighted by atomic mass is 16.3. The number of aliphatic hydroxyl groups is 1. The number of benzene rings is 1. The third-order valence-electron chi connectivity index (χ3n) is 3.23. The summed E-state index contributed by atoms with van der Waals surface area (Å²) in [5, 5.41) is 12.6. The van der Waals surface area contributed by atoms with Crippen LogP contribution in [0.15, 0.2) is 55.0 Å². The standard InChI is InChI=1S/C16H14N2O/c1-11-5-8-18-15(9-11)16(19)14-4-2-3-12-10-17-7-6-13(12)14/h2-10,16,19H,1H3. The average molecular weight is 250 g/mol. The second-order valence-corrected chi connectivity index (χ2v) is 4.60. The van der Waals surface area contributed by atoms with E-state index in [4.69, 9.17) is 0 Å². The van der Waals surface area contributed by atoms with Gasteiger partial charge in [-0.1, -0.05) is 18.2 Å². The van der Waals surface area contributed by atoms with Gasteiger partial charge in [0.25, 0.3) is 0 Å². The van der Waals surface area contributed by atoms with Crippen LogP contribution in [0.2, 0.25) is 0 Å². The molecule has 2 heterocycles. The highest BCUT2D eigenvalue weighted by molar-refractivity contribution is 5.85. The van der Waals surface area contributed by atoms with E-state index in [1.54, 1.807) is 18.6 Å². The predicted octanol–water partition coefficient (Wildman–Crippen LogP) is 3.02. The fourth-order valence-electron chi connectivity index (χ4n) is 2.25. The first-order chi connectivity index (χ1) is 9.25. The second kappa shape index (κ2) is 4.78. The van der Waals surface area contributed by atoms with Crippen molar-refractivity contribution in [1.82, 2.24) is 9.97 Å². The van der Waals surface area contributed by atoms with Crippen LogP contribution in [0.25, 0.3) is 10.8 Å². The van der Waals surface area contributed by atoms with Crippen molar-refractivity contribution in [2.24, 2.45) is 0 Å². The SMILES string of the molecule is Cc1ccnc(C(O)c2cccc3cnccc23)c1. The van der Waals surface area contributed by atoms with Crippen LogP contribution in [-0.4, -0.2) is 15.1 Å². The van der Waals surface area contributed by atoms with Crippen LogP contribution >= 0.6 is 0 Å². The summed E-state index contributed by atoms with van der Waals surface area (Å²) in [6, 6.07) is 11.6. The van der Waals surface area contributed by atoms with Gasteiger partial charge >= 0.3 is 0 Å². The highest BCUT2D eigenvalue weighted by Gasteiger charge is 2.14. The summed E-state index contributed by atoms with van der Waals surface area (Å²) >= 11 is 0. The quantitative estimate of drug-likeness (QED) is 0.760. The lowest BCUT2D eigenvalue weighted by Gasteiger charge is -2.13. The number of rotatable bonds is 2. The van der Waals surface area contributed by atoms with Gasteiger partial charge in [-0.25, -0.2) is 0 Å². The van der Waals surface area contributed by atoms with Crippen LogP contribution in [-0.2, 0) is 0 Å². The van der Waals surface area contributed by atoms with Gasteiger partial charge in [0.2, 0.25) is 0 Å². The van der Waals surface area contributed by atoms with E-state index in [0.717, 1.165) is 21.9 Å². The number of fused-ring (bicyclic) bond motifs is 1. The van der Waals surface area contributed by atoms with E-state index >= 15 is 0 Å². The molecule has 3 aromatic rings. The van der Waals surface area contributed by atoms with Crippen LogP contribution in [0.3, 0.4) is 0 Å². The van der Waals surface area contributed by atoms with E-state index in [1.165, 1.54) is 0 Å².